The van der Waals surface area contributed by atoms with Gasteiger partial charge in [-0.15, -0.1) is 0 Å². The van der Waals surface area contributed by atoms with Crippen molar-refractivity contribution in [3.8, 4) is 0 Å². The summed E-state index contributed by atoms with van der Waals surface area (Å²) in [4.78, 5) is 22.6. The van der Waals surface area contributed by atoms with Crippen molar-refractivity contribution in [3.05, 3.63) is 34.9 Å². The lowest BCUT2D eigenvalue weighted by Crippen LogP contribution is -2.21. The molecule has 0 spiro atoms. The second-order valence-corrected chi connectivity index (χ2v) is 4.35. The van der Waals surface area contributed by atoms with Gasteiger partial charge in [-0.1, -0.05) is 23.7 Å². The third-order valence-corrected chi connectivity index (χ3v) is 2.90. The fraction of sp³-hybridized carbons (Fsp3) is 0.333. The first-order valence-electron chi connectivity index (χ1n) is 4.94. The minimum atomic E-state index is 0.0254. The van der Waals surface area contributed by atoms with Crippen LogP contribution in [-0.2, 0) is 9.59 Å². The molecule has 3 heteroatoms. The molecule has 1 aromatic carbocycles. The number of ketones is 2. The van der Waals surface area contributed by atoms with E-state index in [9.17, 15) is 9.59 Å². The zero-order chi connectivity index (χ0) is 10.8. The van der Waals surface area contributed by atoms with Crippen LogP contribution >= 0.6 is 11.6 Å². The number of carbonyl (C=O) groups is 2. The Hall–Kier alpha value is -1.15. The highest BCUT2D eigenvalue weighted by molar-refractivity contribution is 6.30. The summed E-state index contributed by atoms with van der Waals surface area (Å²) < 4.78 is 0. The number of carbonyl (C=O) groups excluding carboxylic acids is 2. The minimum Gasteiger partial charge on any atom is -0.299 e. The number of benzene rings is 1. The van der Waals surface area contributed by atoms with Crippen molar-refractivity contribution < 1.29 is 9.59 Å². The molecule has 0 N–H and O–H groups in total. The van der Waals surface area contributed by atoms with E-state index < -0.39 is 0 Å². The predicted molar refractivity (Wildman–Crippen MR) is 58.1 cm³/mol. The van der Waals surface area contributed by atoms with E-state index in [0.29, 0.717) is 17.9 Å². The van der Waals surface area contributed by atoms with Crippen LogP contribution in [0, 0.1) is 0 Å². The zero-order valence-electron chi connectivity index (χ0n) is 8.20. The number of hydrogen-bond donors (Lipinski definition) is 0. The summed E-state index contributed by atoms with van der Waals surface area (Å²) in [5, 5.41) is 0.651. The first-order valence-corrected chi connectivity index (χ1v) is 5.32. The molecule has 1 fully saturated rings. The summed E-state index contributed by atoms with van der Waals surface area (Å²) in [5.41, 5.74) is 0.990. The van der Waals surface area contributed by atoms with Crippen molar-refractivity contribution in [1.82, 2.24) is 0 Å². The number of rotatable bonds is 1. The van der Waals surface area contributed by atoms with Gasteiger partial charge in [-0.2, -0.15) is 0 Å². The molecule has 0 unspecified atom stereocenters. The van der Waals surface area contributed by atoms with Gasteiger partial charge in [0, 0.05) is 17.9 Å². The minimum absolute atomic E-state index is 0.0254. The maximum absolute atomic E-state index is 11.3. The van der Waals surface area contributed by atoms with Crippen LogP contribution in [0.3, 0.4) is 0 Å². The molecule has 0 aliphatic heterocycles. The normalized spacial score (nSPS) is 18.2. The van der Waals surface area contributed by atoms with Gasteiger partial charge in [0.1, 0.15) is 11.6 Å². The van der Waals surface area contributed by atoms with Gasteiger partial charge in [0.2, 0.25) is 0 Å². The summed E-state index contributed by atoms with van der Waals surface area (Å²) in [5.74, 6) is 0.102. The molecule has 1 aliphatic carbocycles. The fourth-order valence-corrected chi connectivity index (χ4v) is 2.18. The Kier molecular flexibility index (Phi) is 2.87. The smallest absolute Gasteiger partial charge is 0.140 e. The van der Waals surface area contributed by atoms with Crippen LogP contribution in [0.4, 0.5) is 0 Å². The maximum atomic E-state index is 11.3. The van der Waals surface area contributed by atoms with Crippen molar-refractivity contribution >= 4 is 23.2 Å². The molecular formula is C12H11ClO2. The predicted octanol–water partition coefficient (Wildman–Crippen LogP) is 2.75. The third kappa shape index (κ3) is 2.45. The lowest BCUT2D eigenvalue weighted by molar-refractivity contribution is -0.130. The summed E-state index contributed by atoms with van der Waals surface area (Å²) in [7, 11) is 0. The van der Waals surface area contributed by atoms with Crippen molar-refractivity contribution in [2.75, 3.05) is 0 Å². The summed E-state index contributed by atoms with van der Waals surface area (Å²) in [6.45, 7) is 0. The Morgan fingerprint density at radius 3 is 2.40 bits per heavy atom. The van der Waals surface area contributed by atoms with Crippen molar-refractivity contribution in [1.29, 1.82) is 0 Å². The van der Waals surface area contributed by atoms with Crippen molar-refractivity contribution in [2.24, 2.45) is 0 Å². The molecule has 2 rings (SSSR count). The molecule has 0 heterocycles. The first kappa shape index (κ1) is 10.4. The SMILES string of the molecule is O=C1CC(=O)CC(c2cccc(Cl)c2)C1. The van der Waals surface area contributed by atoms with Crippen molar-refractivity contribution in [2.45, 2.75) is 25.2 Å². The van der Waals surface area contributed by atoms with Gasteiger partial charge in [-0.05, 0) is 23.6 Å². The van der Waals surface area contributed by atoms with Gasteiger partial charge in [-0.3, -0.25) is 9.59 Å². The highest BCUT2D eigenvalue weighted by Crippen LogP contribution is 2.30. The van der Waals surface area contributed by atoms with Crippen LogP contribution in [0.2, 0.25) is 5.02 Å². The van der Waals surface area contributed by atoms with Gasteiger partial charge in [0.25, 0.3) is 0 Å². The standard InChI is InChI=1S/C12H11ClO2/c13-10-3-1-2-8(4-10)9-5-11(14)7-12(15)6-9/h1-4,9H,5-7H2. The number of halogens is 1. The summed E-state index contributed by atoms with van der Waals surface area (Å²) >= 11 is 5.87. The van der Waals surface area contributed by atoms with E-state index in [1.807, 2.05) is 18.2 Å². The second-order valence-electron chi connectivity index (χ2n) is 3.91. The monoisotopic (exact) mass is 222 g/mol. The summed E-state index contributed by atoms with van der Waals surface area (Å²) in [6.07, 6.45) is 1.04. The molecule has 1 saturated carbocycles. The van der Waals surface area contributed by atoms with E-state index in [4.69, 9.17) is 11.6 Å². The van der Waals surface area contributed by atoms with Crippen LogP contribution in [0.15, 0.2) is 24.3 Å². The van der Waals surface area contributed by atoms with Crippen LogP contribution in [0.1, 0.15) is 30.7 Å². The third-order valence-electron chi connectivity index (χ3n) is 2.66. The Balaban J connectivity index is 2.23. The van der Waals surface area contributed by atoms with Crippen LogP contribution in [0.5, 0.6) is 0 Å². The van der Waals surface area contributed by atoms with Gasteiger partial charge in [-0.25, -0.2) is 0 Å². The number of hydrogen-bond acceptors (Lipinski definition) is 2. The molecule has 1 aliphatic rings. The lowest BCUT2D eigenvalue weighted by atomic mass is 9.83. The molecule has 15 heavy (non-hydrogen) atoms. The quantitative estimate of drug-likeness (QED) is 0.685. The first-order chi connectivity index (χ1) is 7.15. The van der Waals surface area contributed by atoms with Crippen LogP contribution in [-0.4, -0.2) is 11.6 Å². The zero-order valence-corrected chi connectivity index (χ0v) is 8.96. The lowest BCUT2D eigenvalue weighted by Gasteiger charge is -2.20. The average molecular weight is 223 g/mol. The molecule has 78 valence electrons. The average Bonchev–Trinajstić information content (AvgIpc) is 2.16. The van der Waals surface area contributed by atoms with E-state index >= 15 is 0 Å². The van der Waals surface area contributed by atoms with Crippen LogP contribution in [0.25, 0.3) is 0 Å². The van der Waals surface area contributed by atoms with Gasteiger partial charge >= 0.3 is 0 Å². The highest BCUT2D eigenvalue weighted by Gasteiger charge is 2.26. The van der Waals surface area contributed by atoms with E-state index in [1.54, 1.807) is 6.07 Å². The molecule has 0 amide bonds. The second kappa shape index (κ2) is 4.15. The fourth-order valence-electron chi connectivity index (χ4n) is 1.98. The molecule has 1 aromatic rings. The molecule has 2 nitrogen and oxygen atoms in total. The van der Waals surface area contributed by atoms with E-state index in [2.05, 4.69) is 0 Å². The Bertz CT molecular complexity index is 396. The molecule has 0 atom stereocenters. The molecule has 0 bridgehead atoms. The molecule has 0 radical (unpaired) electrons. The Morgan fingerprint density at radius 1 is 1.13 bits per heavy atom. The van der Waals surface area contributed by atoms with Crippen molar-refractivity contribution in [3.63, 3.8) is 0 Å². The largest absolute Gasteiger partial charge is 0.299 e. The maximum Gasteiger partial charge on any atom is 0.140 e. The van der Waals surface area contributed by atoms with Gasteiger partial charge < -0.3 is 0 Å². The molecule has 0 aromatic heterocycles. The van der Waals surface area contributed by atoms with Gasteiger partial charge in [0.05, 0.1) is 6.42 Å². The summed E-state index contributed by atoms with van der Waals surface area (Å²) in [6, 6.07) is 7.39. The highest BCUT2D eigenvalue weighted by atomic mass is 35.5. The topological polar surface area (TPSA) is 34.1 Å². The van der Waals surface area contributed by atoms with E-state index in [0.717, 1.165) is 5.56 Å². The van der Waals surface area contributed by atoms with Gasteiger partial charge in [0.15, 0.2) is 0 Å². The Morgan fingerprint density at radius 2 is 1.80 bits per heavy atom. The molecule has 0 saturated heterocycles. The number of Topliss-reactive ketones (excluding diaryl/α,β-unsaturated/α-hetero) is 2. The molecular weight excluding hydrogens is 212 g/mol. The van der Waals surface area contributed by atoms with Crippen LogP contribution < -0.4 is 0 Å². The Labute approximate surface area is 93.2 Å². The van der Waals surface area contributed by atoms with E-state index in [1.165, 1.54) is 0 Å². The van der Waals surface area contributed by atoms with E-state index in [-0.39, 0.29) is 23.9 Å².